The summed E-state index contributed by atoms with van der Waals surface area (Å²) in [6, 6.07) is 7.58. The Balaban J connectivity index is 2.24. The van der Waals surface area contributed by atoms with E-state index in [4.69, 9.17) is 4.74 Å². The molecule has 0 amide bonds. The third-order valence-corrected chi connectivity index (χ3v) is 3.93. The summed E-state index contributed by atoms with van der Waals surface area (Å²) in [6.45, 7) is 5.94. The Morgan fingerprint density at radius 1 is 1.30 bits per heavy atom. The first-order chi connectivity index (χ1) is 9.31. The number of likely N-dealkylation sites (N-methyl/N-ethyl adjacent to an activating group) is 1. The molecule has 0 saturated heterocycles. The average Bonchev–Trinajstić information content (AvgIpc) is 2.37. The Labute approximate surface area is 130 Å². The van der Waals surface area contributed by atoms with Gasteiger partial charge in [0.15, 0.2) is 0 Å². The molecule has 1 aromatic rings. The summed E-state index contributed by atoms with van der Waals surface area (Å²) < 4.78 is 6.54. The normalized spacial score (nSPS) is 13.6. The van der Waals surface area contributed by atoms with Crippen LogP contribution in [0.15, 0.2) is 28.7 Å². The SMILES string of the molecule is CN(C)C(C)(C)CNCC(O)COc1ccc(Br)cc1. The zero-order valence-electron chi connectivity index (χ0n) is 12.7. The van der Waals surface area contributed by atoms with Crippen LogP contribution >= 0.6 is 15.9 Å². The first-order valence-electron chi connectivity index (χ1n) is 6.76. The topological polar surface area (TPSA) is 44.7 Å². The van der Waals surface area contributed by atoms with Gasteiger partial charge < -0.3 is 20.1 Å². The molecule has 0 aromatic heterocycles. The van der Waals surface area contributed by atoms with Crippen LogP contribution in [0.3, 0.4) is 0 Å². The quantitative estimate of drug-likeness (QED) is 0.758. The van der Waals surface area contributed by atoms with Crippen molar-refractivity contribution in [2.75, 3.05) is 33.8 Å². The van der Waals surface area contributed by atoms with Crippen LogP contribution in [0.25, 0.3) is 0 Å². The summed E-state index contributed by atoms with van der Waals surface area (Å²) in [4.78, 5) is 2.16. The van der Waals surface area contributed by atoms with E-state index in [0.29, 0.717) is 6.54 Å². The van der Waals surface area contributed by atoms with Crippen molar-refractivity contribution in [2.45, 2.75) is 25.5 Å². The van der Waals surface area contributed by atoms with Crippen LogP contribution in [0.4, 0.5) is 0 Å². The van der Waals surface area contributed by atoms with E-state index in [9.17, 15) is 5.11 Å². The van der Waals surface area contributed by atoms with E-state index in [0.717, 1.165) is 16.8 Å². The van der Waals surface area contributed by atoms with E-state index in [1.807, 2.05) is 24.3 Å². The van der Waals surface area contributed by atoms with Gasteiger partial charge in [0.1, 0.15) is 18.5 Å². The molecule has 114 valence electrons. The number of nitrogens with zero attached hydrogens (tertiary/aromatic N) is 1. The molecule has 1 atom stereocenters. The van der Waals surface area contributed by atoms with Crippen molar-refractivity contribution in [3.05, 3.63) is 28.7 Å². The van der Waals surface area contributed by atoms with Gasteiger partial charge in [-0.1, -0.05) is 15.9 Å². The number of hydrogen-bond donors (Lipinski definition) is 2. The maximum Gasteiger partial charge on any atom is 0.119 e. The summed E-state index contributed by atoms with van der Waals surface area (Å²) in [5.74, 6) is 0.765. The highest BCUT2D eigenvalue weighted by atomic mass is 79.9. The summed E-state index contributed by atoms with van der Waals surface area (Å²) >= 11 is 3.37. The monoisotopic (exact) mass is 344 g/mol. The second kappa shape index (κ2) is 7.98. The predicted octanol–water partition coefficient (Wildman–Crippen LogP) is 2.12. The molecule has 0 aliphatic heterocycles. The molecule has 4 nitrogen and oxygen atoms in total. The lowest BCUT2D eigenvalue weighted by Gasteiger charge is -2.33. The van der Waals surface area contributed by atoms with Crippen LogP contribution in [0.5, 0.6) is 5.75 Å². The maximum absolute atomic E-state index is 9.89. The molecule has 1 aromatic carbocycles. The number of nitrogens with one attached hydrogen (secondary N) is 1. The fraction of sp³-hybridized carbons (Fsp3) is 0.600. The highest BCUT2D eigenvalue weighted by molar-refractivity contribution is 9.10. The van der Waals surface area contributed by atoms with Crippen molar-refractivity contribution in [3.63, 3.8) is 0 Å². The summed E-state index contributed by atoms with van der Waals surface area (Å²) in [5, 5.41) is 13.2. The van der Waals surface area contributed by atoms with Gasteiger partial charge in [-0.2, -0.15) is 0 Å². The second-order valence-electron chi connectivity index (χ2n) is 5.76. The number of halogens is 1. The van der Waals surface area contributed by atoms with Gasteiger partial charge in [-0.15, -0.1) is 0 Å². The van der Waals surface area contributed by atoms with E-state index >= 15 is 0 Å². The molecule has 1 rings (SSSR count). The molecule has 0 saturated carbocycles. The van der Waals surface area contributed by atoms with Crippen LogP contribution in [0, 0.1) is 0 Å². The Hall–Kier alpha value is -0.620. The number of rotatable bonds is 8. The molecule has 1 unspecified atom stereocenters. The van der Waals surface area contributed by atoms with Crippen LogP contribution in [0.1, 0.15) is 13.8 Å². The zero-order chi connectivity index (χ0) is 15.2. The van der Waals surface area contributed by atoms with Crippen LogP contribution in [-0.2, 0) is 0 Å². The molecular weight excluding hydrogens is 320 g/mol. The molecular formula is C15H25BrN2O2. The van der Waals surface area contributed by atoms with Gasteiger partial charge >= 0.3 is 0 Å². The van der Waals surface area contributed by atoms with Gasteiger partial charge in [-0.05, 0) is 52.2 Å². The number of ether oxygens (including phenoxy) is 1. The molecule has 0 fully saturated rings. The van der Waals surface area contributed by atoms with Gasteiger partial charge in [0.2, 0.25) is 0 Å². The molecule has 0 radical (unpaired) electrons. The van der Waals surface area contributed by atoms with Crippen LogP contribution < -0.4 is 10.1 Å². The Bertz CT molecular complexity index is 393. The minimum absolute atomic E-state index is 0.0618. The Morgan fingerprint density at radius 2 is 1.90 bits per heavy atom. The number of aliphatic hydroxyl groups excluding tert-OH is 1. The summed E-state index contributed by atoms with van der Waals surface area (Å²) in [5.41, 5.74) is 0.0618. The summed E-state index contributed by atoms with van der Waals surface area (Å²) in [7, 11) is 4.10. The second-order valence-corrected chi connectivity index (χ2v) is 6.67. The first-order valence-corrected chi connectivity index (χ1v) is 7.55. The Kier molecular flexibility index (Phi) is 6.95. The third kappa shape index (κ3) is 6.22. The fourth-order valence-corrected chi connectivity index (χ4v) is 1.75. The molecule has 0 bridgehead atoms. The van der Waals surface area contributed by atoms with Crippen molar-refractivity contribution in [3.8, 4) is 5.75 Å². The molecule has 0 aliphatic carbocycles. The lowest BCUT2D eigenvalue weighted by atomic mass is 10.0. The van der Waals surface area contributed by atoms with Gasteiger partial charge in [-0.25, -0.2) is 0 Å². The fourth-order valence-electron chi connectivity index (χ4n) is 1.48. The van der Waals surface area contributed by atoms with Gasteiger partial charge in [0, 0.05) is 23.1 Å². The highest BCUT2D eigenvalue weighted by Crippen LogP contribution is 2.16. The van der Waals surface area contributed by atoms with Crippen molar-refractivity contribution in [2.24, 2.45) is 0 Å². The minimum Gasteiger partial charge on any atom is -0.491 e. The van der Waals surface area contributed by atoms with E-state index < -0.39 is 6.10 Å². The highest BCUT2D eigenvalue weighted by Gasteiger charge is 2.20. The van der Waals surface area contributed by atoms with E-state index in [2.05, 4.69) is 54.1 Å². The number of hydrogen-bond acceptors (Lipinski definition) is 4. The van der Waals surface area contributed by atoms with Crippen LogP contribution in [-0.4, -0.2) is 55.4 Å². The van der Waals surface area contributed by atoms with Crippen molar-refractivity contribution < 1.29 is 9.84 Å². The molecule has 2 N–H and O–H groups in total. The van der Waals surface area contributed by atoms with Crippen molar-refractivity contribution in [1.29, 1.82) is 0 Å². The Morgan fingerprint density at radius 3 is 2.45 bits per heavy atom. The zero-order valence-corrected chi connectivity index (χ0v) is 14.3. The third-order valence-electron chi connectivity index (χ3n) is 3.40. The first kappa shape index (κ1) is 17.4. The molecule has 0 heterocycles. The van der Waals surface area contributed by atoms with Gasteiger partial charge in [0.05, 0.1) is 0 Å². The van der Waals surface area contributed by atoms with E-state index in [1.165, 1.54) is 0 Å². The van der Waals surface area contributed by atoms with E-state index in [-0.39, 0.29) is 12.1 Å². The maximum atomic E-state index is 9.89. The number of benzene rings is 1. The largest absolute Gasteiger partial charge is 0.491 e. The average molecular weight is 345 g/mol. The lowest BCUT2D eigenvalue weighted by molar-refractivity contribution is 0.100. The van der Waals surface area contributed by atoms with Gasteiger partial charge in [-0.3, -0.25) is 0 Å². The minimum atomic E-state index is -0.517. The molecule has 20 heavy (non-hydrogen) atoms. The standard InChI is InChI=1S/C15H25BrN2O2/c1-15(2,18(3)4)11-17-9-13(19)10-20-14-7-5-12(16)6-8-14/h5-8,13,17,19H,9-11H2,1-4H3. The van der Waals surface area contributed by atoms with E-state index in [1.54, 1.807) is 0 Å². The smallest absolute Gasteiger partial charge is 0.119 e. The van der Waals surface area contributed by atoms with Crippen molar-refractivity contribution in [1.82, 2.24) is 10.2 Å². The molecule has 0 aliphatic rings. The van der Waals surface area contributed by atoms with Gasteiger partial charge in [0.25, 0.3) is 0 Å². The predicted molar refractivity (Wildman–Crippen MR) is 86.3 cm³/mol. The lowest BCUT2D eigenvalue weighted by Crippen LogP contribution is -2.48. The number of aliphatic hydroxyl groups is 1. The van der Waals surface area contributed by atoms with Crippen molar-refractivity contribution >= 4 is 15.9 Å². The molecule has 5 heteroatoms. The van der Waals surface area contributed by atoms with Crippen LogP contribution in [0.2, 0.25) is 0 Å². The molecule has 0 spiro atoms. The summed E-state index contributed by atoms with van der Waals surface area (Å²) in [6.07, 6.45) is -0.517.